The van der Waals surface area contributed by atoms with Crippen LogP contribution in [-0.4, -0.2) is 35.0 Å². The van der Waals surface area contributed by atoms with Gasteiger partial charge in [0.2, 0.25) is 0 Å². The van der Waals surface area contributed by atoms with E-state index in [2.05, 4.69) is 32.6 Å². The maximum absolute atomic E-state index is 12.9. The number of fused-ring (bicyclic) bond motifs is 1. The van der Waals surface area contributed by atoms with Crippen molar-refractivity contribution in [2.75, 3.05) is 5.32 Å². The number of carbonyl (C=O) groups excluding carboxylic acids is 1. The van der Waals surface area contributed by atoms with E-state index < -0.39 is 0 Å². The molecule has 5 rings (SSSR count). The van der Waals surface area contributed by atoms with E-state index in [0.29, 0.717) is 23.4 Å². The van der Waals surface area contributed by atoms with Crippen LogP contribution in [0.15, 0.2) is 79.5 Å². The van der Waals surface area contributed by atoms with Crippen LogP contribution >= 0.6 is 0 Å². The number of nitrogens with zero attached hydrogens (tertiary/aromatic N) is 6. The van der Waals surface area contributed by atoms with Crippen molar-refractivity contribution >= 4 is 22.8 Å². The lowest BCUT2D eigenvalue weighted by Gasteiger charge is -2.07. The fourth-order valence-corrected chi connectivity index (χ4v) is 3.46. The first kappa shape index (κ1) is 17.9. The molecule has 5 aromatic rings. The zero-order valence-electron chi connectivity index (χ0n) is 16.3. The lowest BCUT2D eigenvalue weighted by atomic mass is 10.2. The third kappa shape index (κ3) is 3.35. The molecule has 8 nitrogen and oxygen atoms in total. The Balaban J connectivity index is 1.44. The topological polar surface area (TPSA) is 82.6 Å². The number of nitrogens with one attached hydrogen (secondary N) is 1. The zero-order valence-corrected chi connectivity index (χ0v) is 16.3. The van der Waals surface area contributed by atoms with Gasteiger partial charge in [0.1, 0.15) is 5.52 Å². The standard InChI is InChI=1S/C22H19N7O/c1-27-13-9-20(26-27)25-22(30)18-15-28(19-4-2-10-23-21(18)19)14-16-5-7-17(8-6-16)29-12-3-11-24-29/h2-13,15H,14H2,1H3,(H,25,26,30). The summed E-state index contributed by atoms with van der Waals surface area (Å²) in [6, 6.07) is 15.7. The van der Waals surface area contributed by atoms with Gasteiger partial charge in [-0.2, -0.15) is 10.2 Å². The van der Waals surface area contributed by atoms with Gasteiger partial charge in [0, 0.05) is 50.6 Å². The second kappa shape index (κ2) is 7.32. The predicted molar refractivity (Wildman–Crippen MR) is 114 cm³/mol. The molecule has 0 aliphatic rings. The Morgan fingerprint density at radius 2 is 1.90 bits per heavy atom. The van der Waals surface area contributed by atoms with Crippen LogP contribution < -0.4 is 5.32 Å². The van der Waals surface area contributed by atoms with Crippen LogP contribution in [-0.2, 0) is 13.6 Å². The van der Waals surface area contributed by atoms with Gasteiger partial charge < -0.3 is 9.88 Å². The molecule has 0 aliphatic carbocycles. The Kier molecular flexibility index (Phi) is 4.36. The van der Waals surface area contributed by atoms with Crippen molar-refractivity contribution in [2.24, 2.45) is 7.05 Å². The predicted octanol–water partition coefficient (Wildman–Crippen LogP) is 3.26. The quantitative estimate of drug-likeness (QED) is 0.493. The molecule has 0 bridgehead atoms. The molecule has 1 amide bonds. The van der Waals surface area contributed by atoms with E-state index in [1.165, 1.54) is 0 Å². The van der Waals surface area contributed by atoms with Crippen LogP contribution in [0.1, 0.15) is 15.9 Å². The number of amides is 1. The van der Waals surface area contributed by atoms with Crippen molar-refractivity contribution < 1.29 is 4.79 Å². The van der Waals surface area contributed by atoms with Crippen LogP contribution in [0, 0.1) is 0 Å². The number of aryl methyl sites for hydroxylation is 1. The van der Waals surface area contributed by atoms with Crippen LogP contribution in [0.5, 0.6) is 0 Å². The molecule has 0 atom stereocenters. The van der Waals surface area contributed by atoms with Crippen LogP contribution in [0.4, 0.5) is 5.82 Å². The summed E-state index contributed by atoms with van der Waals surface area (Å²) in [5.74, 6) is 0.277. The first-order valence-electron chi connectivity index (χ1n) is 9.51. The summed E-state index contributed by atoms with van der Waals surface area (Å²) in [7, 11) is 1.81. The van der Waals surface area contributed by atoms with Gasteiger partial charge in [-0.05, 0) is 35.9 Å². The van der Waals surface area contributed by atoms with E-state index in [1.54, 1.807) is 36.4 Å². The highest BCUT2D eigenvalue weighted by Gasteiger charge is 2.17. The minimum Gasteiger partial charge on any atom is -0.341 e. The molecule has 0 fully saturated rings. The highest BCUT2D eigenvalue weighted by Crippen LogP contribution is 2.22. The third-order valence-electron chi connectivity index (χ3n) is 4.89. The Hall–Kier alpha value is -4.20. The molecule has 4 aromatic heterocycles. The number of aromatic nitrogens is 6. The zero-order chi connectivity index (χ0) is 20.5. The first-order chi connectivity index (χ1) is 14.7. The summed E-state index contributed by atoms with van der Waals surface area (Å²) in [4.78, 5) is 17.3. The van der Waals surface area contributed by atoms with E-state index in [9.17, 15) is 4.79 Å². The highest BCUT2D eigenvalue weighted by atomic mass is 16.1. The maximum Gasteiger partial charge on any atom is 0.260 e. The second-order valence-electron chi connectivity index (χ2n) is 6.99. The number of anilines is 1. The summed E-state index contributed by atoms with van der Waals surface area (Å²) in [6.45, 7) is 0.623. The average Bonchev–Trinajstić information content (AvgIpc) is 3.50. The van der Waals surface area contributed by atoms with Crippen LogP contribution in [0.2, 0.25) is 0 Å². The highest BCUT2D eigenvalue weighted by molar-refractivity contribution is 6.11. The second-order valence-corrected chi connectivity index (χ2v) is 6.99. The van der Waals surface area contributed by atoms with Gasteiger partial charge in [0.05, 0.1) is 16.8 Å². The summed E-state index contributed by atoms with van der Waals surface area (Å²) < 4.78 is 5.50. The van der Waals surface area contributed by atoms with Gasteiger partial charge in [-0.3, -0.25) is 14.5 Å². The summed E-state index contributed by atoms with van der Waals surface area (Å²) in [5.41, 5.74) is 4.20. The van der Waals surface area contributed by atoms with Gasteiger partial charge in [-0.1, -0.05) is 12.1 Å². The smallest absolute Gasteiger partial charge is 0.260 e. The molecule has 8 heteroatoms. The fourth-order valence-electron chi connectivity index (χ4n) is 3.46. The molecule has 0 saturated heterocycles. The van der Waals surface area contributed by atoms with Crippen molar-refractivity contribution in [3.05, 3.63) is 90.6 Å². The number of hydrogen-bond acceptors (Lipinski definition) is 4. The van der Waals surface area contributed by atoms with E-state index in [-0.39, 0.29) is 5.91 Å². The SMILES string of the molecule is Cn1ccc(NC(=O)c2cn(Cc3ccc(-n4cccn4)cc3)c3cccnc23)n1. The van der Waals surface area contributed by atoms with E-state index in [4.69, 9.17) is 0 Å². The largest absolute Gasteiger partial charge is 0.341 e. The molecule has 30 heavy (non-hydrogen) atoms. The molecule has 0 spiro atoms. The van der Waals surface area contributed by atoms with E-state index in [0.717, 1.165) is 16.8 Å². The Morgan fingerprint density at radius 3 is 2.63 bits per heavy atom. The van der Waals surface area contributed by atoms with Gasteiger partial charge >= 0.3 is 0 Å². The van der Waals surface area contributed by atoms with Gasteiger partial charge in [-0.15, -0.1) is 0 Å². The maximum atomic E-state index is 12.9. The molecule has 148 valence electrons. The Labute approximate surface area is 172 Å². The van der Waals surface area contributed by atoms with Crippen molar-refractivity contribution in [3.8, 4) is 5.69 Å². The van der Waals surface area contributed by atoms with Crippen molar-refractivity contribution in [1.82, 2.24) is 29.1 Å². The monoisotopic (exact) mass is 397 g/mol. The van der Waals surface area contributed by atoms with E-state index >= 15 is 0 Å². The Morgan fingerprint density at radius 1 is 1.03 bits per heavy atom. The molecular formula is C22H19N7O. The van der Waals surface area contributed by atoms with Gasteiger partial charge in [0.15, 0.2) is 5.82 Å². The number of rotatable bonds is 5. The summed E-state index contributed by atoms with van der Waals surface area (Å²) in [6.07, 6.45) is 8.99. The van der Waals surface area contributed by atoms with Crippen LogP contribution in [0.3, 0.4) is 0 Å². The minimum atomic E-state index is -0.231. The number of hydrogen-bond donors (Lipinski definition) is 1. The normalized spacial score (nSPS) is 11.1. The van der Waals surface area contributed by atoms with Crippen LogP contribution in [0.25, 0.3) is 16.7 Å². The molecule has 1 N–H and O–H groups in total. The third-order valence-corrected chi connectivity index (χ3v) is 4.89. The molecule has 0 aliphatic heterocycles. The molecule has 1 aromatic carbocycles. The Bertz CT molecular complexity index is 1310. The van der Waals surface area contributed by atoms with Gasteiger partial charge in [0.25, 0.3) is 5.91 Å². The number of pyridine rings is 1. The first-order valence-corrected chi connectivity index (χ1v) is 9.51. The fraction of sp³-hybridized carbons (Fsp3) is 0.0909. The lowest BCUT2D eigenvalue weighted by molar-refractivity contribution is 0.102. The van der Waals surface area contributed by atoms with E-state index in [1.807, 2.05) is 52.0 Å². The molecule has 0 saturated carbocycles. The summed E-state index contributed by atoms with van der Waals surface area (Å²) in [5, 5.41) is 11.3. The van der Waals surface area contributed by atoms with Crippen molar-refractivity contribution in [3.63, 3.8) is 0 Å². The lowest BCUT2D eigenvalue weighted by Crippen LogP contribution is -2.12. The van der Waals surface area contributed by atoms with Crippen molar-refractivity contribution in [1.29, 1.82) is 0 Å². The molecular weight excluding hydrogens is 378 g/mol. The molecule has 0 unspecified atom stereocenters. The minimum absolute atomic E-state index is 0.231. The average molecular weight is 397 g/mol. The number of benzene rings is 1. The molecule has 0 radical (unpaired) electrons. The van der Waals surface area contributed by atoms with Crippen molar-refractivity contribution in [2.45, 2.75) is 6.54 Å². The van der Waals surface area contributed by atoms with Gasteiger partial charge in [-0.25, -0.2) is 4.68 Å². The number of carbonyl (C=O) groups is 1. The molecule has 4 heterocycles. The summed E-state index contributed by atoms with van der Waals surface area (Å²) >= 11 is 0.